The molecule has 0 amide bonds. The number of nitrogens with zero attached hydrogens (tertiary/aromatic N) is 1. The lowest BCUT2D eigenvalue weighted by atomic mass is 9.96. The lowest BCUT2D eigenvalue weighted by Crippen LogP contribution is -1.88. The van der Waals surface area contributed by atoms with Crippen molar-refractivity contribution < 1.29 is 0 Å². The number of fused-ring (bicyclic) bond motifs is 2. The van der Waals surface area contributed by atoms with Crippen LogP contribution in [0.5, 0.6) is 0 Å². The van der Waals surface area contributed by atoms with E-state index in [9.17, 15) is 0 Å². The Kier molecular flexibility index (Phi) is 2.87. The number of halogens is 1. The molecule has 0 aliphatic carbocycles. The van der Waals surface area contributed by atoms with Crippen molar-refractivity contribution in [2.45, 2.75) is 0 Å². The zero-order chi connectivity index (χ0) is 14.2. The van der Waals surface area contributed by atoms with E-state index in [1.165, 1.54) is 5.56 Å². The second-order valence-corrected chi connectivity index (χ2v) is 5.47. The summed E-state index contributed by atoms with van der Waals surface area (Å²) < 4.78 is 0. The van der Waals surface area contributed by atoms with E-state index < -0.39 is 0 Å². The van der Waals surface area contributed by atoms with Gasteiger partial charge in [-0.1, -0.05) is 60.1 Å². The molecule has 0 aliphatic heterocycles. The highest BCUT2D eigenvalue weighted by Crippen LogP contribution is 2.35. The van der Waals surface area contributed by atoms with Crippen LogP contribution in [0.15, 0.2) is 72.8 Å². The summed E-state index contributed by atoms with van der Waals surface area (Å²) in [7, 11) is 0. The van der Waals surface area contributed by atoms with E-state index in [1.54, 1.807) is 0 Å². The summed E-state index contributed by atoms with van der Waals surface area (Å²) in [4.78, 5) is 4.75. The molecule has 1 heterocycles. The normalized spacial score (nSPS) is 11.1. The van der Waals surface area contributed by atoms with Crippen LogP contribution in [0.1, 0.15) is 0 Å². The molecule has 0 aliphatic rings. The fourth-order valence-corrected chi connectivity index (χ4v) is 2.99. The largest absolute Gasteiger partial charge is 0.248 e. The molecule has 1 aromatic heterocycles. The third kappa shape index (κ3) is 2.07. The van der Waals surface area contributed by atoms with E-state index in [1.807, 2.05) is 42.5 Å². The molecule has 0 atom stereocenters. The van der Waals surface area contributed by atoms with Gasteiger partial charge >= 0.3 is 0 Å². The molecule has 3 aromatic carbocycles. The third-order valence-corrected chi connectivity index (χ3v) is 3.94. The Bertz CT molecular complexity index is 906. The summed E-state index contributed by atoms with van der Waals surface area (Å²) in [6, 6.07) is 24.5. The monoisotopic (exact) mass is 289 g/mol. The van der Waals surface area contributed by atoms with Crippen LogP contribution in [0.25, 0.3) is 32.9 Å². The molecule has 100 valence electrons. The van der Waals surface area contributed by atoms with Crippen LogP contribution in [0.2, 0.25) is 5.02 Å². The molecule has 2 heteroatoms. The fourth-order valence-electron chi connectivity index (χ4n) is 2.79. The molecular weight excluding hydrogens is 278 g/mol. The molecule has 0 fully saturated rings. The molecular formula is C19H12ClN. The maximum absolute atomic E-state index is 6.18. The highest BCUT2D eigenvalue weighted by Gasteiger charge is 2.10. The first kappa shape index (κ1) is 12.4. The van der Waals surface area contributed by atoms with Crippen molar-refractivity contribution >= 4 is 33.4 Å². The summed E-state index contributed by atoms with van der Waals surface area (Å²) in [5.41, 5.74) is 4.33. The molecule has 0 saturated carbocycles. The second kappa shape index (κ2) is 4.87. The van der Waals surface area contributed by atoms with Crippen molar-refractivity contribution in [3.8, 4) is 11.1 Å². The Labute approximate surface area is 127 Å². The van der Waals surface area contributed by atoms with Crippen LogP contribution >= 0.6 is 11.6 Å². The molecule has 4 rings (SSSR count). The van der Waals surface area contributed by atoms with E-state index in [0.717, 1.165) is 32.4 Å². The standard InChI is InChI=1S/C19H12ClN/c20-14-7-5-6-13(12-14)19-15-8-1-3-10-17(15)21-18-11-4-2-9-16(18)19/h1-12H. The van der Waals surface area contributed by atoms with E-state index in [2.05, 4.69) is 30.3 Å². The van der Waals surface area contributed by atoms with Gasteiger partial charge < -0.3 is 0 Å². The van der Waals surface area contributed by atoms with Gasteiger partial charge in [-0.2, -0.15) is 0 Å². The van der Waals surface area contributed by atoms with Crippen LogP contribution in [0, 0.1) is 0 Å². The maximum Gasteiger partial charge on any atom is 0.0715 e. The first-order chi connectivity index (χ1) is 10.3. The number of hydrogen-bond acceptors (Lipinski definition) is 1. The number of benzene rings is 3. The molecule has 0 spiro atoms. The quantitative estimate of drug-likeness (QED) is 0.409. The Morgan fingerprint density at radius 2 is 1.29 bits per heavy atom. The summed E-state index contributed by atoms with van der Waals surface area (Å²) in [5.74, 6) is 0. The molecule has 21 heavy (non-hydrogen) atoms. The SMILES string of the molecule is Clc1cccc(-c2c3ccccc3nc3ccccc23)c1. The topological polar surface area (TPSA) is 12.9 Å². The number of para-hydroxylation sites is 2. The first-order valence-corrected chi connectivity index (χ1v) is 7.24. The van der Waals surface area contributed by atoms with Crippen molar-refractivity contribution in [2.24, 2.45) is 0 Å². The summed E-state index contributed by atoms with van der Waals surface area (Å²) >= 11 is 6.18. The van der Waals surface area contributed by atoms with E-state index in [-0.39, 0.29) is 0 Å². The van der Waals surface area contributed by atoms with Gasteiger partial charge in [-0.05, 0) is 29.8 Å². The molecule has 0 saturated heterocycles. The Morgan fingerprint density at radius 3 is 1.90 bits per heavy atom. The van der Waals surface area contributed by atoms with E-state index >= 15 is 0 Å². The van der Waals surface area contributed by atoms with Crippen LogP contribution in [-0.4, -0.2) is 4.98 Å². The number of rotatable bonds is 1. The van der Waals surface area contributed by atoms with Gasteiger partial charge in [-0.15, -0.1) is 0 Å². The summed E-state index contributed by atoms with van der Waals surface area (Å²) in [6.45, 7) is 0. The Balaban J connectivity index is 2.21. The van der Waals surface area contributed by atoms with Gasteiger partial charge in [0.15, 0.2) is 0 Å². The molecule has 0 bridgehead atoms. The van der Waals surface area contributed by atoms with Crippen molar-refractivity contribution in [3.63, 3.8) is 0 Å². The molecule has 0 unspecified atom stereocenters. The lowest BCUT2D eigenvalue weighted by Gasteiger charge is -2.11. The van der Waals surface area contributed by atoms with Crippen LogP contribution in [0.4, 0.5) is 0 Å². The average molecular weight is 290 g/mol. The highest BCUT2D eigenvalue weighted by atomic mass is 35.5. The fraction of sp³-hybridized carbons (Fsp3) is 0. The number of hydrogen-bond donors (Lipinski definition) is 0. The van der Waals surface area contributed by atoms with E-state index in [0.29, 0.717) is 0 Å². The van der Waals surface area contributed by atoms with Gasteiger partial charge in [0.05, 0.1) is 11.0 Å². The average Bonchev–Trinajstić information content (AvgIpc) is 2.52. The minimum Gasteiger partial charge on any atom is -0.248 e. The van der Waals surface area contributed by atoms with Gasteiger partial charge in [0.1, 0.15) is 0 Å². The predicted octanol–water partition coefficient (Wildman–Crippen LogP) is 5.71. The van der Waals surface area contributed by atoms with Crippen molar-refractivity contribution in [1.29, 1.82) is 0 Å². The molecule has 4 aromatic rings. The lowest BCUT2D eigenvalue weighted by molar-refractivity contribution is 1.49. The van der Waals surface area contributed by atoms with Crippen molar-refractivity contribution in [3.05, 3.63) is 77.8 Å². The van der Waals surface area contributed by atoms with Crippen LogP contribution in [-0.2, 0) is 0 Å². The number of pyridine rings is 1. The first-order valence-electron chi connectivity index (χ1n) is 6.86. The van der Waals surface area contributed by atoms with Crippen molar-refractivity contribution in [2.75, 3.05) is 0 Å². The van der Waals surface area contributed by atoms with Crippen LogP contribution in [0.3, 0.4) is 0 Å². The summed E-state index contributed by atoms with van der Waals surface area (Å²) in [6.07, 6.45) is 0. The van der Waals surface area contributed by atoms with Gasteiger partial charge in [-0.3, -0.25) is 0 Å². The predicted molar refractivity (Wildman–Crippen MR) is 89.7 cm³/mol. The highest BCUT2D eigenvalue weighted by molar-refractivity contribution is 6.31. The van der Waals surface area contributed by atoms with Gasteiger partial charge in [0.2, 0.25) is 0 Å². The minimum atomic E-state index is 0.748. The second-order valence-electron chi connectivity index (χ2n) is 5.03. The molecule has 0 radical (unpaired) electrons. The van der Waals surface area contributed by atoms with E-state index in [4.69, 9.17) is 16.6 Å². The Hall–Kier alpha value is -2.38. The van der Waals surface area contributed by atoms with Crippen molar-refractivity contribution in [1.82, 2.24) is 4.98 Å². The maximum atomic E-state index is 6.18. The zero-order valence-corrected chi connectivity index (χ0v) is 12.0. The smallest absolute Gasteiger partial charge is 0.0715 e. The van der Waals surface area contributed by atoms with Gasteiger partial charge in [-0.25, -0.2) is 4.98 Å². The van der Waals surface area contributed by atoms with Gasteiger partial charge in [0.25, 0.3) is 0 Å². The molecule has 0 N–H and O–H groups in total. The van der Waals surface area contributed by atoms with Gasteiger partial charge in [0, 0.05) is 21.4 Å². The molecule has 1 nitrogen and oxygen atoms in total. The summed E-state index contributed by atoms with van der Waals surface area (Å²) in [5, 5.41) is 3.05. The number of aromatic nitrogens is 1. The Morgan fingerprint density at radius 1 is 0.667 bits per heavy atom. The third-order valence-electron chi connectivity index (χ3n) is 3.70. The zero-order valence-electron chi connectivity index (χ0n) is 11.3. The van der Waals surface area contributed by atoms with Crippen LogP contribution < -0.4 is 0 Å². The minimum absolute atomic E-state index is 0.748.